The van der Waals surface area contributed by atoms with Crippen LogP contribution in [-0.2, 0) is 14.8 Å². The fourth-order valence-electron chi connectivity index (χ4n) is 4.30. The maximum absolute atomic E-state index is 13.5. The molecule has 4 rings (SSSR count). The lowest BCUT2D eigenvalue weighted by atomic mass is 10.00. The molecule has 0 unspecified atom stereocenters. The number of sulfonamides is 1. The van der Waals surface area contributed by atoms with Gasteiger partial charge in [0.05, 0.1) is 19.0 Å². The Bertz CT molecular complexity index is 1010. The molecule has 0 aliphatic carbocycles. The van der Waals surface area contributed by atoms with Gasteiger partial charge in [-0.15, -0.1) is 0 Å². The average Bonchev–Trinajstić information content (AvgIpc) is 2.76. The first-order valence-corrected chi connectivity index (χ1v) is 12.8. The maximum atomic E-state index is 13.5. The minimum atomic E-state index is -3.21. The Hall–Kier alpha value is -2.03. The largest absolute Gasteiger partial charge is 0.381 e. The molecule has 7 nitrogen and oxygen atoms in total. The summed E-state index contributed by atoms with van der Waals surface area (Å²) in [5, 5.41) is 1.99. The molecule has 2 fully saturated rings. The molecule has 1 aromatic carbocycles. The first-order chi connectivity index (χ1) is 15.0. The number of benzene rings is 1. The second-order valence-corrected chi connectivity index (χ2v) is 10.7. The number of carbonyl (C=O) groups is 1. The van der Waals surface area contributed by atoms with Gasteiger partial charge in [0.15, 0.2) is 0 Å². The average molecular weight is 446 g/mol. The summed E-state index contributed by atoms with van der Waals surface area (Å²) < 4.78 is 32.0. The minimum absolute atomic E-state index is 0.0130. The van der Waals surface area contributed by atoms with Gasteiger partial charge in [-0.05, 0) is 30.7 Å². The lowest BCUT2D eigenvalue weighted by molar-refractivity contribution is -0.0492. The molecule has 168 valence electrons. The maximum Gasteiger partial charge on any atom is 0.272 e. The number of nitrogens with zero attached hydrogens (tertiary/aromatic N) is 3. The van der Waals surface area contributed by atoms with Gasteiger partial charge in [-0.25, -0.2) is 12.7 Å². The summed E-state index contributed by atoms with van der Waals surface area (Å²) in [5.41, 5.74) is 0.442. The van der Waals surface area contributed by atoms with Crippen molar-refractivity contribution in [3.63, 3.8) is 0 Å². The summed E-state index contributed by atoms with van der Waals surface area (Å²) in [7, 11) is -3.21. The highest BCUT2D eigenvalue weighted by Crippen LogP contribution is 2.25. The van der Waals surface area contributed by atoms with Gasteiger partial charge >= 0.3 is 0 Å². The van der Waals surface area contributed by atoms with Crippen LogP contribution in [0.3, 0.4) is 0 Å². The number of ether oxygens (including phenoxy) is 1. The lowest BCUT2D eigenvalue weighted by Crippen LogP contribution is -2.52. The van der Waals surface area contributed by atoms with Gasteiger partial charge in [0.1, 0.15) is 5.69 Å². The molecule has 8 heteroatoms. The number of hydrogen-bond acceptors (Lipinski definition) is 5. The highest BCUT2D eigenvalue weighted by atomic mass is 32.2. The summed E-state index contributed by atoms with van der Waals surface area (Å²) in [4.78, 5) is 19.8. The zero-order valence-electron chi connectivity index (χ0n) is 18.1. The molecule has 3 heterocycles. The van der Waals surface area contributed by atoms with E-state index in [2.05, 4.69) is 4.98 Å². The molecule has 0 radical (unpaired) electrons. The number of piperidine rings is 1. The summed E-state index contributed by atoms with van der Waals surface area (Å²) in [6.07, 6.45) is 4.59. The number of carbonyl (C=O) groups excluding carboxylic acids is 1. The van der Waals surface area contributed by atoms with E-state index in [4.69, 9.17) is 4.74 Å². The summed E-state index contributed by atoms with van der Waals surface area (Å²) in [5.74, 6) is 0.456. The number of pyridine rings is 1. The van der Waals surface area contributed by atoms with Gasteiger partial charge in [0.25, 0.3) is 5.91 Å². The van der Waals surface area contributed by atoms with Crippen molar-refractivity contribution >= 4 is 26.7 Å². The van der Waals surface area contributed by atoms with Crippen molar-refractivity contribution in [3.8, 4) is 0 Å². The lowest BCUT2D eigenvalue weighted by Gasteiger charge is -2.41. The molecule has 2 aliphatic rings. The van der Waals surface area contributed by atoms with Crippen molar-refractivity contribution in [2.75, 3.05) is 38.6 Å². The van der Waals surface area contributed by atoms with Crippen LogP contribution in [-0.4, -0.2) is 73.2 Å². The number of fused-ring (bicyclic) bond motifs is 1. The van der Waals surface area contributed by atoms with Crippen LogP contribution in [0.4, 0.5) is 0 Å². The molecule has 1 aromatic heterocycles. The van der Waals surface area contributed by atoms with Crippen molar-refractivity contribution in [1.82, 2.24) is 14.2 Å². The Morgan fingerprint density at radius 1 is 1.19 bits per heavy atom. The smallest absolute Gasteiger partial charge is 0.272 e. The van der Waals surface area contributed by atoms with Crippen LogP contribution in [0, 0.1) is 5.92 Å². The molecule has 0 bridgehead atoms. The molecular formula is C23H31N3O4S. The van der Waals surface area contributed by atoms with Gasteiger partial charge in [-0.2, -0.15) is 0 Å². The normalized spacial score (nSPS) is 18.7. The third kappa shape index (κ3) is 5.07. The molecule has 2 aliphatic heterocycles. The Balaban J connectivity index is 1.49. The van der Waals surface area contributed by atoms with Gasteiger partial charge < -0.3 is 9.64 Å². The number of unbranched alkanes of at least 4 members (excludes halogenated alkanes) is 1. The van der Waals surface area contributed by atoms with Gasteiger partial charge in [-0.1, -0.05) is 37.6 Å². The van der Waals surface area contributed by atoms with Crippen molar-refractivity contribution in [2.24, 2.45) is 5.92 Å². The van der Waals surface area contributed by atoms with Crippen LogP contribution in [0.15, 0.2) is 36.5 Å². The molecule has 31 heavy (non-hydrogen) atoms. The highest BCUT2D eigenvalue weighted by Gasteiger charge is 2.35. The van der Waals surface area contributed by atoms with E-state index in [0.717, 1.165) is 17.2 Å². The van der Waals surface area contributed by atoms with Crippen LogP contribution in [0.2, 0.25) is 0 Å². The van der Waals surface area contributed by atoms with E-state index in [-0.39, 0.29) is 17.7 Å². The Morgan fingerprint density at radius 2 is 1.90 bits per heavy atom. The van der Waals surface area contributed by atoms with Gasteiger partial charge in [-0.3, -0.25) is 9.78 Å². The molecule has 2 saturated heterocycles. The minimum Gasteiger partial charge on any atom is -0.381 e. The van der Waals surface area contributed by atoms with E-state index in [1.807, 2.05) is 42.2 Å². The van der Waals surface area contributed by atoms with Crippen molar-refractivity contribution in [3.05, 3.63) is 42.2 Å². The second kappa shape index (κ2) is 9.63. The van der Waals surface area contributed by atoms with E-state index >= 15 is 0 Å². The summed E-state index contributed by atoms with van der Waals surface area (Å²) in [6.45, 7) is 4.88. The summed E-state index contributed by atoms with van der Waals surface area (Å²) in [6, 6.07) is 9.74. The summed E-state index contributed by atoms with van der Waals surface area (Å²) >= 11 is 0. The SMILES string of the molecule is CCCCS(=O)(=O)N1CCC(N(CC2COC2)C(=O)c2cc3ccccc3cn2)CC1. The van der Waals surface area contributed by atoms with E-state index < -0.39 is 10.0 Å². The Labute approximate surface area is 184 Å². The predicted octanol–water partition coefficient (Wildman–Crippen LogP) is 2.92. The number of hydrogen-bond donors (Lipinski definition) is 0. The fraction of sp³-hybridized carbons (Fsp3) is 0.565. The van der Waals surface area contributed by atoms with E-state index in [0.29, 0.717) is 63.7 Å². The first kappa shape index (κ1) is 22.2. The monoisotopic (exact) mass is 445 g/mol. The van der Waals surface area contributed by atoms with Gasteiger partial charge in [0.2, 0.25) is 10.0 Å². The van der Waals surface area contributed by atoms with E-state index in [9.17, 15) is 13.2 Å². The highest BCUT2D eigenvalue weighted by molar-refractivity contribution is 7.89. The van der Waals surface area contributed by atoms with Crippen LogP contribution in [0.1, 0.15) is 43.1 Å². The number of amides is 1. The van der Waals surface area contributed by atoms with Gasteiger partial charge in [0, 0.05) is 43.2 Å². The van der Waals surface area contributed by atoms with Crippen LogP contribution < -0.4 is 0 Å². The van der Waals surface area contributed by atoms with Crippen molar-refractivity contribution in [2.45, 2.75) is 38.6 Å². The Morgan fingerprint density at radius 3 is 2.55 bits per heavy atom. The molecule has 0 spiro atoms. The molecule has 0 N–H and O–H groups in total. The Kier molecular flexibility index (Phi) is 6.89. The zero-order valence-corrected chi connectivity index (χ0v) is 18.9. The van der Waals surface area contributed by atoms with Crippen LogP contribution in [0.25, 0.3) is 10.8 Å². The third-order valence-corrected chi connectivity index (χ3v) is 8.24. The van der Waals surface area contributed by atoms with Crippen LogP contribution >= 0.6 is 0 Å². The predicted molar refractivity (Wildman–Crippen MR) is 120 cm³/mol. The van der Waals surface area contributed by atoms with Crippen molar-refractivity contribution < 1.29 is 17.9 Å². The zero-order chi connectivity index (χ0) is 21.8. The number of aromatic nitrogens is 1. The fourth-order valence-corrected chi connectivity index (χ4v) is 5.98. The van der Waals surface area contributed by atoms with Crippen LogP contribution in [0.5, 0.6) is 0 Å². The quantitative estimate of drug-likeness (QED) is 0.624. The van der Waals surface area contributed by atoms with E-state index in [1.165, 1.54) is 0 Å². The standard InChI is InChI=1S/C23H31N3O4S/c1-2-3-12-31(28,29)25-10-8-21(9-11-25)26(15-18-16-30-17-18)23(27)22-13-19-6-4-5-7-20(19)14-24-22/h4-7,13-14,18,21H,2-3,8-12,15-17H2,1H3. The molecule has 0 atom stereocenters. The number of rotatable bonds is 8. The third-order valence-electron chi connectivity index (χ3n) is 6.29. The van der Waals surface area contributed by atoms with Crippen molar-refractivity contribution in [1.29, 1.82) is 0 Å². The topological polar surface area (TPSA) is 79.8 Å². The first-order valence-electron chi connectivity index (χ1n) is 11.2. The molecule has 0 saturated carbocycles. The molecule has 2 aromatic rings. The second-order valence-electron chi connectivity index (χ2n) is 8.58. The molecule has 1 amide bonds. The molecular weight excluding hydrogens is 414 g/mol. The van der Waals surface area contributed by atoms with E-state index in [1.54, 1.807) is 10.5 Å².